The first kappa shape index (κ1) is 15.0. The largest absolute Gasteiger partial charge is 0.370 e. The molecule has 2 N–H and O–H groups in total. The Hall–Kier alpha value is -2.36. The van der Waals surface area contributed by atoms with Crippen LogP contribution in [0.4, 0.5) is 5.82 Å². The van der Waals surface area contributed by atoms with Gasteiger partial charge in [-0.25, -0.2) is 4.98 Å². The van der Waals surface area contributed by atoms with Gasteiger partial charge in [0, 0.05) is 19.3 Å². The van der Waals surface area contributed by atoms with Gasteiger partial charge in [-0.1, -0.05) is 36.8 Å². The summed E-state index contributed by atoms with van der Waals surface area (Å²) in [6, 6.07) is 11.7. The Morgan fingerprint density at radius 1 is 1.24 bits per heavy atom. The number of pyridine rings is 1. The van der Waals surface area contributed by atoms with Crippen molar-refractivity contribution in [1.82, 2.24) is 10.3 Å². The Bertz CT molecular complexity index is 593. The Morgan fingerprint density at radius 2 is 2.10 bits per heavy atom. The van der Waals surface area contributed by atoms with Crippen LogP contribution in [0.15, 0.2) is 42.6 Å². The van der Waals surface area contributed by atoms with Crippen molar-refractivity contribution in [2.24, 2.45) is 0 Å². The Balaban J connectivity index is 1.91. The van der Waals surface area contributed by atoms with Crippen LogP contribution in [0.5, 0.6) is 0 Å². The highest BCUT2D eigenvalue weighted by atomic mass is 16.1. The van der Waals surface area contributed by atoms with E-state index in [1.165, 1.54) is 5.56 Å². The van der Waals surface area contributed by atoms with Crippen molar-refractivity contribution in [1.29, 1.82) is 0 Å². The molecule has 0 bridgehead atoms. The molecule has 1 aromatic heterocycles. The van der Waals surface area contributed by atoms with Crippen molar-refractivity contribution >= 4 is 11.7 Å². The van der Waals surface area contributed by atoms with Gasteiger partial charge in [0.05, 0.1) is 5.56 Å². The molecule has 0 aliphatic heterocycles. The fourth-order valence-electron chi connectivity index (χ4n) is 1.99. The number of anilines is 1. The van der Waals surface area contributed by atoms with Crippen molar-refractivity contribution in [2.45, 2.75) is 26.8 Å². The highest BCUT2D eigenvalue weighted by molar-refractivity contribution is 5.93. The van der Waals surface area contributed by atoms with Crippen LogP contribution >= 0.6 is 0 Å². The molecule has 0 radical (unpaired) electrons. The molecule has 110 valence electrons. The normalized spacial score (nSPS) is 10.2. The molecular formula is C17H21N3O. The molecule has 0 atom stereocenters. The van der Waals surface area contributed by atoms with Gasteiger partial charge in [0.1, 0.15) is 5.82 Å². The van der Waals surface area contributed by atoms with E-state index >= 15 is 0 Å². The number of aromatic nitrogens is 1. The minimum absolute atomic E-state index is 0.106. The van der Waals surface area contributed by atoms with E-state index in [4.69, 9.17) is 0 Å². The lowest BCUT2D eigenvalue weighted by Gasteiger charge is -2.07. The number of carbonyl (C=O) groups is 1. The standard InChI is InChI=1S/C17H21N3O/c1-3-9-18-16-8-7-15(12-19-16)17(21)20-11-14-6-4-5-13(2)10-14/h4-8,10,12H,3,9,11H2,1-2H3,(H,18,19)(H,20,21). The Morgan fingerprint density at radius 3 is 2.76 bits per heavy atom. The molecule has 4 nitrogen and oxygen atoms in total. The second-order valence-corrected chi connectivity index (χ2v) is 5.03. The number of hydrogen-bond donors (Lipinski definition) is 2. The van der Waals surface area contributed by atoms with Gasteiger partial charge < -0.3 is 10.6 Å². The number of benzene rings is 1. The minimum atomic E-state index is -0.106. The van der Waals surface area contributed by atoms with Gasteiger partial charge in [-0.2, -0.15) is 0 Å². The molecule has 0 unspecified atom stereocenters. The summed E-state index contributed by atoms with van der Waals surface area (Å²) in [4.78, 5) is 16.3. The fourth-order valence-corrected chi connectivity index (χ4v) is 1.99. The van der Waals surface area contributed by atoms with Crippen molar-refractivity contribution < 1.29 is 4.79 Å². The maximum absolute atomic E-state index is 12.1. The second-order valence-electron chi connectivity index (χ2n) is 5.03. The SMILES string of the molecule is CCCNc1ccc(C(=O)NCc2cccc(C)c2)cn1. The van der Waals surface area contributed by atoms with E-state index in [0.29, 0.717) is 12.1 Å². The molecule has 0 saturated heterocycles. The van der Waals surface area contributed by atoms with E-state index in [0.717, 1.165) is 24.3 Å². The first-order valence-corrected chi connectivity index (χ1v) is 7.22. The van der Waals surface area contributed by atoms with E-state index in [-0.39, 0.29) is 5.91 Å². The van der Waals surface area contributed by atoms with E-state index in [1.54, 1.807) is 12.3 Å². The molecule has 0 spiro atoms. The lowest BCUT2D eigenvalue weighted by atomic mass is 10.1. The summed E-state index contributed by atoms with van der Waals surface area (Å²) in [5.74, 6) is 0.693. The number of carbonyl (C=O) groups excluding carboxylic acids is 1. The molecule has 0 aliphatic carbocycles. The lowest BCUT2D eigenvalue weighted by Crippen LogP contribution is -2.23. The third-order valence-electron chi connectivity index (χ3n) is 3.12. The topological polar surface area (TPSA) is 54.0 Å². The molecule has 1 heterocycles. The molecule has 4 heteroatoms. The van der Waals surface area contributed by atoms with Crippen molar-refractivity contribution in [2.75, 3.05) is 11.9 Å². The smallest absolute Gasteiger partial charge is 0.253 e. The number of aryl methyl sites for hydroxylation is 1. The zero-order valence-corrected chi connectivity index (χ0v) is 12.5. The van der Waals surface area contributed by atoms with Crippen molar-refractivity contribution in [3.8, 4) is 0 Å². The van der Waals surface area contributed by atoms with Gasteiger partial charge in [-0.15, -0.1) is 0 Å². The van der Waals surface area contributed by atoms with Crippen LogP contribution in [0.3, 0.4) is 0 Å². The summed E-state index contributed by atoms with van der Waals surface area (Å²) in [5.41, 5.74) is 2.86. The van der Waals surface area contributed by atoms with E-state index in [2.05, 4.69) is 28.6 Å². The van der Waals surface area contributed by atoms with Crippen LogP contribution in [-0.4, -0.2) is 17.4 Å². The molecule has 1 amide bonds. The number of rotatable bonds is 6. The average molecular weight is 283 g/mol. The van der Waals surface area contributed by atoms with E-state index in [1.807, 2.05) is 31.2 Å². The molecular weight excluding hydrogens is 262 g/mol. The first-order valence-electron chi connectivity index (χ1n) is 7.22. The van der Waals surface area contributed by atoms with Crippen molar-refractivity contribution in [3.63, 3.8) is 0 Å². The quantitative estimate of drug-likeness (QED) is 0.856. The molecule has 0 aliphatic rings. The summed E-state index contributed by atoms with van der Waals surface area (Å²) >= 11 is 0. The maximum atomic E-state index is 12.1. The van der Waals surface area contributed by atoms with Gasteiger partial charge in [0.2, 0.25) is 0 Å². The van der Waals surface area contributed by atoms with Crippen molar-refractivity contribution in [3.05, 3.63) is 59.3 Å². The number of amides is 1. The zero-order valence-electron chi connectivity index (χ0n) is 12.5. The number of hydrogen-bond acceptors (Lipinski definition) is 3. The number of nitrogens with zero attached hydrogens (tertiary/aromatic N) is 1. The van der Waals surface area contributed by atoms with Gasteiger partial charge in [-0.3, -0.25) is 4.79 Å². The monoisotopic (exact) mass is 283 g/mol. The van der Waals surface area contributed by atoms with Gasteiger partial charge >= 0.3 is 0 Å². The van der Waals surface area contributed by atoms with Crippen LogP contribution < -0.4 is 10.6 Å². The Kier molecular flexibility index (Phi) is 5.32. The average Bonchev–Trinajstić information content (AvgIpc) is 2.51. The third-order valence-corrected chi connectivity index (χ3v) is 3.12. The summed E-state index contributed by atoms with van der Waals surface area (Å²) in [5, 5.41) is 6.09. The van der Waals surface area contributed by atoms with Crippen LogP contribution in [0.1, 0.15) is 34.8 Å². The summed E-state index contributed by atoms with van der Waals surface area (Å²) in [6.45, 7) is 5.54. The van der Waals surface area contributed by atoms with Crippen LogP contribution in [0.25, 0.3) is 0 Å². The predicted molar refractivity (Wildman–Crippen MR) is 85.4 cm³/mol. The van der Waals surface area contributed by atoms with E-state index in [9.17, 15) is 4.79 Å². The van der Waals surface area contributed by atoms with E-state index < -0.39 is 0 Å². The highest BCUT2D eigenvalue weighted by Crippen LogP contribution is 2.07. The highest BCUT2D eigenvalue weighted by Gasteiger charge is 2.06. The van der Waals surface area contributed by atoms with Gasteiger partial charge in [0.25, 0.3) is 5.91 Å². The third kappa shape index (κ3) is 4.60. The predicted octanol–water partition coefficient (Wildman–Crippen LogP) is 3.14. The molecule has 1 aromatic carbocycles. The van der Waals surface area contributed by atoms with Crippen LogP contribution in [0, 0.1) is 6.92 Å². The van der Waals surface area contributed by atoms with Crippen LogP contribution in [-0.2, 0) is 6.54 Å². The molecule has 0 saturated carbocycles. The second kappa shape index (κ2) is 7.43. The molecule has 0 fully saturated rings. The van der Waals surface area contributed by atoms with Gasteiger partial charge in [-0.05, 0) is 31.0 Å². The fraction of sp³-hybridized carbons (Fsp3) is 0.294. The maximum Gasteiger partial charge on any atom is 0.253 e. The Labute approximate surface area is 125 Å². The summed E-state index contributed by atoms with van der Waals surface area (Å²) < 4.78 is 0. The van der Waals surface area contributed by atoms with Gasteiger partial charge in [0.15, 0.2) is 0 Å². The summed E-state index contributed by atoms with van der Waals surface area (Å²) in [6.07, 6.45) is 2.64. The lowest BCUT2D eigenvalue weighted by molar-refractivity contribution is 0.0950. The zero-order chi connectivity index (χ0) is 15.1. The first-order chi connectivity index (χ1) is 10.2. The van der Waals surface area contributed by atoms with Crippen LogP contribution in [0.2, 0.25) is 0 Å². The number of nitrogens with one attached hydrogen (secondary N) is 2. The molecule has 21 heavy (non-hydrogen) atoms. The molecule has 2 rings (SSSR count). The molecule has 2 aromatic rings. The summed E-state index contributed by atoms with van der Waals surface area (Å²) in [7, 11) is 0. The minimum Gasteiger partial charge on any atom is -0.370 e.